The maximum atomic E-state index is 12.5. The van der Waals surface area contributed by atoms with Gasteiger partial charge in [0.15, 0.2) is 0 Å². The third-order valence-electron chi connectivity index (χ3n) is 4.49. The lowest BCUT2D eigenvalue weighted by atomic mass is 10.1. The zero-order chi connectivity index (χ0) is 20.1. The van der Waals surface area contributed by atoms with Crippen LogP contribution >= 0.6 is 11.3 Å². The Bertz CT molecular complexity index is 919. The Kier molecular flexibility index (Phi) is 6.48. The number of carbonyl (C=O) groups excluding carboxylic acids is 2. The summed E-state index contributed by atoms with van der Waals surface area (Å²) in [6.07, 6.45) is 1.86. The molecule has 150 valence electrons. The standard InChI is InChI=1S/C19H23N3O4S2/c1-14(23)20-17(18-5-4-12-27-18)13-19(24)21-15-6-8-16(9-7-15)28(25,26)22-10-2-3-11-22/h4-9,12,17H,2-3,10-11,13H2,1H3,(H,20,23)(H,21,24). The first-order chi connectivity index (χ1) is 13.4. The summed E-state index contributed by atoms with van der Waals surface area (Å²) in [5, 5.41) is 7.44. The third-order valence-corrected chi connectivity index (χ3v) is 7.39. The molecule has 3 rings (SSSR count). The largest absolute Gasteiger partial charge is 0.348 e. The first-order valence-corrected chi connectivity index (χ1v) is 11.4. The number of rotatable bonds is 7. The second kappa shape index (κ2) is 8.85. The Balaban J connectivity index is 1.64. The lowest BCUT2D eigenvalue weighted by molar-refractivity contribution is -0.120. The maximum Gasteiger partial charge on any atom is 0.243 e. The molecule has 2 heterocycles. The maximum absolute atomic E-state index is 12.5. The molecule has 28 heavy (non-hydrogen) atoms. The molecule has 0 spiro atoms. The fraction of sp³-hybridized carbons (Fsp3) is 0.368. The Morgan fingerprint density at radius 3 is 2.39 bits per heavy atom. The molecule has 1 aromatic heterocycles. The molecule has 0 radical (unpaired) electrons. The first-order valence-electron chi connectivity index (χ1n) is 9.07. The molecule has 1 aliphatic rings. The summed E-state index contributed by atoms with van der Waals surface area (Å²) in [7, 11) is -3.47. The van der Waals surface area contributed by atoms with Crippen LogP contribution < -0.4 is 10.6 Å². The highest BCUT2D eigenvalue weighted by Gasteiger charge is 2.27. The van der Waals surface area contributed by atoms with Gasteiger partial charge in [0.1, 0.15) is 0 Å². The predicted octanol–water partition coefficient (Wildman–Crippen LogP) is 2.74. The van der Waals surface area contributed by atoms with Crippen LogP contribution in [0.1, 0.15) is 37.1 Å². The van der Waals surface area contributed by atoms with E-state index in [1.165, 1.54) is 34.7 Å². The minimum atomic E-state index is -3.47. The molecular weight excluding hydrogens is 398 g/mol. The molecule has 2 aromatic rings. The van der Waals surface area contributed by atoms with Gasteiger partial charge in [-0.05, 0) is 48.6 Å². The molecule has 2 amide bonds. The van der Waals surface area contributed by atoms with E-state index in [2.05, 4.69) is 10.6 Å². The summed E-state index contributed by atoms with van der Waals surface area (Å²) >= 11 is 1.47. The van der Waals surface area contributed by atoms with Crippen LogP contribution in [0.3, 0.4) is 0 Å². The second-order valence-electron chi connectivity index (χ2n) is 6.66. The van der Waals surface area contributed by atoms with Crippen LogP contribution in [0, 0.1) is 0 Å². The normalized spacial score (nSPS) is 15.9. The summed E-state index contributed by atoms with van der Waals surface area (Å²) in [6.45, 7) is 2.51. The van der Waals surface area contributed by atoms with Crippen LogP contribution in [0.15, 0.2) is 46.7 Å². The van der Waals surface area contributed by atoms with Crippen molar-refractivity contribution in [2.24, 2.45) is 0 Å². The van der Waals surface area contributed by atoms with E-state index >= 15 is 0 Å². The van der Waals surface area contributed by atoms with Crippen molar-refractivity contribution in [2.75, 3.05) is 18.4 Å². The second-order valence-corrected chi connectivity index (χ2v) is 9.57. The molecule has 0 aliphatic carbocycles. The number of carbonyl (C=O) groups is 2. The van der Waals surface area contributed by atoms with Crippen molar-refractivity contribution in [3.63, 3.8) is 0 Å². The van der Waals surface area contributed by atoms with Crippen LogP contribution in [-0.4, -0.2) is 37.6 Å². The summed E-state index contributed by atoms with van der Waals surface area (Å²) in [4.78, 5) is 25.0. The lowest BCUT2D eigenvalue weighted by Crippen LogP contribution is -2.29. The van der Waals surface area contributed by atoms with Gasteiger partial charge in [-0.3, -0.25) is 9.59 Å². The molecule has 9 heteroatoms. The van der Waals surface area contributed by atoms with Crippen molar-refractivity contribution in [3.8, 4) is 0 Å². The number of nitrogens with one attached hydrogen (secondary N) is 2. The number of hydrogen-bond acceptors (Lipinski definition) is 5. The molecule has 1 aliphatic heterocycles. The minimum absolute atomic E-state index is 0.0912. The topological polar surface area (TPSA) is 95.6 Å². The van der Waals surface area contributed by atoms with Gasteiger partial charge in [-0.1, -0.05) is 6.07 Å². The first kappa shape index (κ1) is 20.5. The predicted molar refractivity (Wildman–Crippen MR) is 109 cm³/mol. The summed E-state index contributed by atoms with van der Waals surface area (Å²) in [5.41, 5.74) is 0.512. The van der Waals surface area contributed by atoms with Gasteiger partial charge in [-0.15, -0.1) is 11.3 Å². The van der Waals surface area contributed by atoms with Gasteiger partial charge < -0.3 is 10.6 Å². The summed E-state index contributed by atoms with van der Waals surface area (Å²) in [6, 6.07) is 9.52. The van der Waals surface area contributed by atoms with Crippen LogP contribution in [-0.2, 0) is 19.6 Å². The van der Waals surface area contributed by atoms with Crippen molar-refractivity contribution in [2.45, 2.75) is 37.1 Å². The number of benzene rings is 1. The zero-order valence-electron chi connectivity index (χ0n) is 15.6. The SMILES string of the molecule is CC(=O)NC(CC(=O)Nc1ccc(S(=O)(=O)N2CCCC2)cc1)c1cccs1. The number of anilines is 1. The number of thiophene rings is 1. The smallest absolute Gasteiger partial charge is 0.243 e. The third kappa shape index (κ3) is 4.98. The van der Waals surface area contributed by atoms with E-state index in [1.807, 2.05) is 17.5 Å². The van der Waals surface area contributed by atoms with Gasteiger partial charge in [0, 0.05) is 30.6 Å². The van der Waals surface area contributed by atoms with Crippen LogP contribution in [0.25, 0.3) is 0 Å². The molecule has 1 saturated heterocycles. The number of hydrogen-bond donors (Lipinski definition) is 2. The molecule has 1 atom stereocenters. The van der Waals surface area contributed by atoms with Crippen molar-refractivity contribution >= 4 is 38.9 Å². The van der Waals surface area contributed by atoms with E-state index in [-0.39, 0.29) is 23.1 Å². The van der Waals surface area contributed by atoms with Crippen molar-refractivity contribution in [3.05, 3.63) is 46.7 Å². The van der Waals surface area contributed by atoms with E-state index in [9.17, 15) is 18.0 Å². The summed E-state index contributed by atoms with van der Waals surface area (Å²) in [5.74, 6) is -0.468. The van der Waals surface area contributed by atoms with Crippen molar-refractivity contribution < 1.29 is 18.0 Å². The van der Waals surface area contributed by atoms with Crippen molar-refractivity contribution in [1.29, 1.82) is 0 Å². The molecule has 1 aromatic carbocycles. The van der Waals surface area contributed by atoms with Gasteiger partial charge in [-0.25, -0.2) is 8.42 Å². The number of amides is 2. The van der Waals surface area contributed by atoms with E-state index in [0.29, 0.717) is 18.8 Å². The van der Waals surface area contributed by atoms with Crippen LogP contribution in [0.5, 0.6) is 0 Å². The highest BCUT2D eigenvalue weighted by molar-refractivity contribution is 7.89. The Morgan fingerprint density at radius 2 is 1.82 bits per heavy atom. The van der Waals surface area contributed by atoms with E-state index in [1.54, 1.807) is 12.1 Å². The minimum Gasteiger partial charge on any atom is -0.348 e. The van der Waals surface area contributed by atoms with E-state index < -0.39 is 16.1 Å². The van der Waals surface area contributed by atoms with Crippen LogP contribution in [0.2, 0.25) is 0 Å². The molecule has 0 bridgehead atoms. The van der Waals surface area contributed by atoms with E-state index in [0.717, 1.165) is 17.7 Å². The van der Waals surface area contributed by atoms with Crippen molar-refractivity contribution in [1.82, 2.24) is 9.62 Å². The Hall–Kier alpha value is -2.23. The molecule has 7 nitrogen and oxygen atoms in total. The molecule has 0 saturated carbocycles. The fourth-order valence-corrected chi connectivity index (χ4v) is 5.44. The zero-order valence-corrected chi connectivity index (χ0v) is 17.2. The quantitative estimate of drug-likeness (QED) is 0.719. The van der Waals surface area contributed by atoms with Gasteiger partial charge >= 0.3 is 0 Å². The van der Waals surface area contributed by atoms with Crippen LogP contribution in [0.4, 0.5) is 5.69 Å². The highest BCUT2D eigenvalue weighted by Crippen LogP contribution is 2.24. The molecule has 2 N–H and O–H groups in total. The fourth-order valence-electron chi connectivity index (χ4n) is 3.14. The van der Waals surface area contributed by atoms with E-state index in [4.69, 9.17) is 0 Å². The highest BCUT2D eigenvalue weighted by atomic mass is 32.2. The molecule has 1 unspecified atom stereocenters. The summed E-state index contributed by atoms with van der Waals surface area (Å²) < 4.78 is 26.6. The van der Waals surface area contributed by atoms with Gasteiger partial charge in [0.2, 0.25) is 21.8 Å². The van der Waals surface area contributed by atoms with Gasteiger partial charge in [-0.2, -0.15) is 4.31 Å². The Morgan fingerprint density at radius 1 is 1.14 bits per heavy atom. The average Bonchev–Trinajstić information content (AvgIpc) is 3.35. The lowest BCUT2D eigenvalue weighted by Gasteiger charge is -2.17. The Labute approximate surface area is 168 Å². The molecular formula is C19H23N3O4S2. The van der Waals surface area contributed by atoms with Gasteiger partial charge in [0.05, 0.1) is 17.4 Å². The average molecular weight is 422 g/mol. The molecule has 1 fully saturated rings. The monoisotopic (exact) mass is 421 g/mol. The number of nitrogens with zero attached hydrogens (tertiary/aromatic N) is 1. The van der Waals surface area contributed by atoms with Gasteiger partial charge in [0.25, 0.3) is 0 Å². The number of sulfonamides is 1.